The number of aryl methyl sites for hydroxylation is 1. The van der Waals surface area contributed by atoms with E-state index in [1.165, 1.54) is 18.4 Å². The highest BCUT2D eigenvalue weighted by Crippen LogP contribution is 1.99. The summed E-state index contributed by atoms with van der Waals surface area (Å²) in [4.78, 5) is 7.60. The normalized spacial score (nSPS) is 9.70. The molecule has 0 aliphatic rings. The van der Waals surface area contributed by atoms with E-state index in [2.05, 4.69) is 23.2 Å². The first-order valence-electron chi connectivity index (χ1n) is 3.60. The average Bonchev–Trinajstić information content (AvgIpc) is 2.03. The Bertz CT molecular complexity index is 172. The first-order chi connectivity index (χ1) is 4.93. The van der Waals surface area contributed by atoms with Crippen LogP contribution < -0.4 is 0 Å². The van der Waals surface area contributed by atoms with Crippen LogP contribution in [0.2, 0.25) is 0 Å². The van der Waals surface area contributed by atoms with Crippen molar-refractivity contribution in [3.63, 3.8) is 0 Å². The van der Waals surface area contributed by atoms with Crippen molar-refractivity contribution < 1.29 is 0 Å². The van der Waals surface area contributed by atoms with Gasteiger partial charge >= 0.3 is 0 Å². The zero-order valence-electron chi connectivity index (χ0n) is 6.17. The van der Waals surface area contributed by atoms with Gasteiger partial charge in [0.1, 0.15) is 0 Å². The van der Waals surface area contributed by atoms with Crippen LogP contribution in [0.25, 0.3) is 0 Å². The van der Waals surface area contributed by atoms with Gasteiger partial charge in [-0.15, -0.1) is 0 Å². The third kappa shape index (κ3) is 2.13. The van der Waals surface area contributed by atoms with Gasteiger partial charge in [0, 0.05) is 12.4 Å². The molecular weight excluding hydrogens is 124 g/mol. The van der Waals surface area contributed by atoms with Crippen molar-refractivity contribution >= 4 is 0 Å². The van der Waals surface area contributed by atoms with Gasteiger partial charge in [-0.05, 0) is 18.4 Å². The second kappa shape index (κ2) is 3.99. The van der Waals surface area contributed by atoms with Crippen LogP contribution in [0.1, 0.15) is 25.3 Å². The summed E-state index contributed by atoms with van der Waals surface area (Å²) in [6.45, 7) is 2.18. The van der Waals surface area contributed by atoms with Crippen LogP contribution in [0.4, 0.5) is 0 Å². The van der Waals surface area contributed by atoms with Crippen molar-refractivity contribution in [3.8, 4) is 0 Å². The summed E-state index contributed by atoms with van der Waals surface area (Å²) in [5.41, 5.74) is 1.21. The fraction of sp³-hybridized carbons (Fsp3) is 0.500. The van der Waals surface area contributed by atoms with E-state index in [0.29, 0.717) is 0 Å². The lowest BCUT2D eigenvalue weighted by Crippen LogP contribution is -1.86. The van der Waals surface area contributed by atoms with E-state index in [1.54, 1.807) is 0 Å². The van der Waals surface area contributed by atoms with Gasteiger partial charge < -0.3 is 0 Å². The molecule has 1 radical (unpaired) electrons. The highest BCUT2D eigenvalue weighted by Gasteiger charge is 1.89. The molecule has 0 aliphatic heterocycles. The van der Waals surface area contributed by atoms with Crippen molar-refractivity contribution in [3.05, 3.63) is 24.3 Å². The first-order valence-corrected chi connectivity index (χ1v) is 3.60. The SMILES string of the molecule is CCCCc1cn[c]nc1. The van der Waals surface area contributed by atoms with Gasteiger partial charge in [-0.2, -0.15) is 0 Å². The number of nitrogens with zero attached hydrogens (tertiary/aromatic N) is 2. The molecule has 0 atom stereocenters. The summed E-state index contributed by atoms with van der Waals surface area (Å²) in [6.07, 6.45) is 9.68. The van der Waals surface area contributed by atoms with E-state index in [9.17, 15) is 0 Å². The largest absolute Gasteiger partial charge is 0.234 e. The highest BCUT2D eigenvalue weighted by atomic mass is 14.8. The maximum absolute atomic E-state index is 3.80. The van der Waals surface area contributed by atoms with Crippen molar-refractivity contribution in [2.45, 2.75) is 26.2 Å². The fourth-order valence-corrected chi connectivity index (χ4v) is 0.800. The van der Waals surface area contributed by atoms with E-state index >= 15 is 0 Å². The molecule has 0 N–H and O–H groups in total. The molecule has 2 nitrogen and oxygen atoms in total. The molecule has 0 amide bonds. The second-order valence-corrected chi connectivity index (χ2v) is 2.29. The molecule has 0 aliphatic carbocycles. The summed E-state index contributed by atoms with van der Waals surface area (Å²) < 4.78 is 0. The summed E-state index contributed by atoms with van der Waals surface area (Å²) >= 11 is 0. The molecule has 1 rings (SSSR count). The molecule has 1 aromatic heterocycles. The number of unbranched alkanes of at least 4 members (excludes halogenated alkanes) is 1. The van der Waals surface area contributed by atoms with Gasteiger partial charge in [-0.25, -0.2) is 9.97 Å². The topological polar surface area (TPSA) is 25.8 Å². The Morgan fingerprint density at radius 1 is 1.40 bits per heavy atom. The van der Waals surface area contributed by atoms with Crippen molar-refractivity contribution in [1.82, 2.24) is 9.97 Å². The Morgan fingerprint density at radius 3 is 2.70 bits per heavy atom. The second-order valence-electron chi connectivity index (χ2n) is 2.29. The standard InChI is InChI=1S/C8H11N2/c1-2-3-4-8-5-9-7-10-6-8/h5-6H,2-4H2,1H3. The molecule has 1 heterocycles. The van der Waals surface area contributed by atoms with E-state index in [1.807, 2.05) is 12.4 Å². The zero-order chi connectivity index (χ0) is 7.23. The maximum Gasteiger partial charge on any atom is 0.197 e. The third-order valence-electron chi connectivity index (χ3n) is 1.40. The smallest absolute Gasteiger partial charge is 0.197 e. The van der Waals surface area contributed by atoms with Gasteiger partial charge in [0.05, 0.1) is 0 Å². The fourth-order valence-electron chi connectivity index (χ4n) is 0.800. The lowest BCUT2D eigenvalue weighted by atomic mass is 10.2. The molecule has 0 saturated heterocycles. The lowest BCUT2D eigenvalue weighted by Gasteiger charge is -1.94. The van der Waals surface area contributed by atoms with Crippen LogP contribution in [0, 0.1) is 6.33 Å². The van der Waals surface area contributed by atoms with Crippen LogP contribution in [-0.4, -0.2) is 9.97 Å². The van der Waals surface area contributed by atoms with Gasteiger partial charge in [-0.3, -0.25) is 0 Å². The quantitative estimate of drug-likeness (QED) is 0.629. The predicted molar refractivity (Wildman–Crippen MR) is 39.5 cm³/mol. The minimum absolute atomic E-state index is 1.09. The van der Waals surface area contributed by atoms with Crippen LogP contribution in [0.15, 0.2) is 12.4 Å². The summed E-state index contributed by atoms with van der Waals surface area (Å²) in [6, 6.07) is 0. The Kier molecular flexibility index (Phi) is 2.87. The van der Waals surface area contributed by atoms with Crippen molar-refractivity contribution in [1.29, 1.82) is 0 Å². The zero-order valence-corrected chi connectivity index (χ0v) is 6.17. The molecule has 10 heavy (non-hydrogen) atoms. The summed E-state index contributed by atoms with van der Waals surface area (Å²) in [7, 11) is 0. The molecule has 0 spiro atoms. The summed E-state index contributed by atoms with van der Waals surface area (Å²) in [5, 5.41) is 0. The third-order valence-corrected chi connectivity index (χ3v) is 1.40. The van der Waals surface area contributed by atoms with Gasteiger partial charge in [0.15, 0.2) is 6.33 Å². The number of aromatic nitrogens is 2. The monoisotopic (exact) mass is 135 g/mol. The van der Waals surface area contributed by atoms with Crippen LogP contribution in [0.3, 0.4) is 0 Å². The molecule has 0 fully saturated rings. The average molecular weight is 135 g/mol. The van der Waals surface area contributed by atoms with Crippen LogP contribution in [-0.2, 0) is 6.42 Å². The van der Waals surface area contributed by atoms with Crippen LogP contribution >= 0.6 is 0 Å². The van der Waals surface area contributed by atoms with Gasteiger partial charge in [0.2, 0.25) is 0 Å². The van der Waals surface area contributed by atoms with E-state index in [4.69, 9.17) is 0 Å². The van der Waals surface area contributed by atoms with E-state index in [0.717, 1.165) is 6.42 Å². The minimum Gasteiger partial charge on any atom is -0.234 e. The molecule has 0 unspecified atom stereocenters. The Labute approximate surface area is 61.3 Å². The molecular formula is C8H11N2. The maximum atomic E-state index is 3.80. The Hall–Kier alpha value is -0.920. The van der Waals surface area contributed by atoms with Gasteiger partial charge in [0.25, 0.3) is 0 Å². The first kappa shape index (κ1) is 7.19. The van der Waals surface area contributed by atoms with E-state index < -0.39 is 0 Å². The molecule has 53 valence electrons. The number of hydrogen-bond donors (Lipinski definition) is 0. The van der Waals surface area contributed by atoms with Crippen molar-refractivity contribution in [2.75, 3.05) is 0 Å². The number of rotatable bonds is 3. The molecule has 2 heteroatoms. The predicted octanol–water partition coefficient (Wildman–Crippen LogP) is 1.62. The molecule has 0 aromatic carbocycles. The van der Waals surface area contributed by atoms with Crippen molar-refractivity contribution in [2.24, 2.45) is 0 Å². The van der Waals surface area contributed by atoms with Crippen LogP contribution in [0.5, 0.6) is 0 Å². The summed E-state index contributed by atoms with van der Waals surface area (Å²) in [5.74, 6) is 0. The molecule has 0 saturated carbocycles. The minimum atomic E-state index is 1.09. The Morgan fingerprint density at radius 2 is 2.10 bits per heavy atom. The number of hydrogen-bond acceptors (Lipinski definition) is 2. The van der Waals surface area contributed by atoms with Gasteiger partial charge in [-0.1, -0.05) is 13.3 Å². The lowest BCUT2D eigenvalue weighted by molar-refractivity contribution is 0.787. The Balaban J connectivity index is 2.43. The molecule has 1 aromatic rings. The van der Waals surface area contributed by atoms with E-state index in [-0.39, 0.29) is 0 Å². The highest BCUT2D eigenvalue weighted by molar-refractivity contribution is 5.01. The molecule has 0 bridgehead atoms.